The molecule has 0 bridgehead atoms. The summed E-state index contributed by atoms with van der Waals surface area (Å²) < 4.78 is 0. The number of rotatable bonds is 4. The minimum atomic E-state index is -0.193. The molecule has 0 aromatic carbocycles. The van der Waals surface area contributed by atoms with Gasteiger partial charge in [0.05, 0.1) is 0 Å². The van der Waals surface area contributed by atoms with E-state index in [1.165, 1.54) is 12.8 Å². The lowest BCUT2D eigenvalue weighted by Crippen LogP contribution is -2.19. The smallest absolute Gasteiger partial charge is 0.220 e. The third kappa shape index (κ3) is 7.97. The van der Waals surface area contributed by atoms with Gasteiger partial charge < -0.3 is 11.5 Å². The Hall–Kier alpha value is -1.06. The average Bonchev–Trinajstić information content (AvgIpc) is 2.68. The molecule has 1 aliphatic rings. The van der Waals surface area contributed by atoms with Crippen molar-refractivity contribution in [2.45, 2.75) is 51.9 Å². The lowest BCUT2D eigenvalue weighted by Gasteiger charge is -1.98. The van der Waals surface area contributed by atoms with Gasteiger partial charge in [0.2, 0.25) is 11.8 Å². The zero-order valence-corrected chi connectivity index (χ0v) is 9.50. The van der Waals surface area contributed by atoms with Crippen LogP contribution in [0.4, 0.5) is 0 Å². The van der Waals surface area contributed by atoms with E-state index in [1.54, 1.807) is 0 Å². The van der Waals surface area contributed by atoms with Gasteiger partial charge in [-0.3, -0.25) is 9.59 Å². The summed E-state index contributed by atoms with van der Waals surface area (Å²) >= 11 is 0. The van der Waals surface area contributed by atoms with E-state index in [2.05, 4.69) is 0 Å². The molecule has 0 spiro atoms. The van der Waals surface area contributed by atoms with E-state index < -0.39 is 0 Å². The molecule has 4 heteroatoms. The third-order valence-corrected chi connectivity index (χ3v) is 2.53. The van der Waals surface area contributed by atoms with E-state index in [-0.39, 0.29) is 17.7 Å². The Morgan fingerprint density at radius 1 is 1.20 bits per heavy atom. The third-order valence-electron chi connectivity index (χ3n) is 2.53. The first-order valence-corrected chi connectivity index (χ1v) is 5.65. The van der Waals surface area contributed by atoms with Crippen LogP contribution in [0.25, 0.3) is 0 Å². The van der Waals surface area contributed by atoms with Crippen molar-refractivity contribution in [1.29, 1.82) is 0 Å². The maximum atomic E-state index is 10.4. The Morgan fingerprint density at radius 2 is 1.73 bits per heavy atom. The van der Waals surface area contributed by atoms with Gasteiger partial charge in [0.25, 0.3) is 0 Å². The van der Waals surface area contributed by atoms with Gasteiger partial charge in [-0.15, -0.1) is 0 Å². The van der Waals surface area contributed by atoms with Crippen molar-refractivity contribution in [3.8, 4) is 0 Å². The van der Waals surface area contributed by atoms with Crippen LogP contribution in [-0.2, 0) is 9.59 Å². The molecule has 15 heavy (non-hydrogen) atoms. The molecule has 0 aromatic rings. The van der Waals surface area contributed by atoms with Gasteiger partial charge in [0.1, 0.15) is 0 Å². The van der Waals surface area contributed by atoms with E-state index in [0.29, 0.717) is 6.42 Å². The SMILES string of the molecule is CCCCC(N)=O.NC(=O)C1CCCC1. The van der Waals surface area contributed by atoms with Crippen LogP contribution in [0.3, 0.4) is 0 Å². The minimum Gasteiger partial charge on any atom is -0.370 e. The molecule has 1 saturated carbocycles. The first-order valence-electron chi connectivity index (χ1n) is 5.65. The molecule has 0 aromatic heterocycles. The van der Waals surface area contributed by atoms with Gasteiger partial charge >= 0.3 is 0 Å². The summed E-state index contributed by atoms with van der Waals surface area (Å²) in [6.45, 7) is 2.03. The summed E-state index contributed by atoms with van der Waals surface area (Å²) in [6.07, 6.45) is 6.93. The number of carbonyl (C=O) groups is 2. The number of hydrogen-bond acceptors (Lipinski definition) is 2. The molecule has 2 amide bonds. The molecule has 4 N–H and O–H groups in total. The molecule has 1 aliphatic carbocycles. The molecular formula is C11H22N2O2. The quantitative estimate of drug-likeness (QED) is 0.739. The molecule has 0 heterocycles. The highest BCUT2D eigenvalue weighted by Gasteiger charge is 2.19. The van der Waals surface area contributed by atoms with Crippen molar-refractivity contribution in [3.05, 3.63) is 0 Å². The van der Waals surface area contributed by atoms with Crippen molar-refractivity contribution in [1.82, 2.24) is 0 Å². The van der Waals surface area contributed by atoms with E-state index in [9.17, 15) is 9.59 Å². The summed E-state index contributed by atoms with van der Waals surface area (Å²) in [4.78, 5) is 20.4. The van der Waals surface area contributed by atoms with Crippen LogP contribution in [-0.4, -0.2) is 11.8 Å². The molecule has 4 nitrogen and oxygen atoms in total. The zero-order chi connectivity index (χ0) is 11.7. The van der Waals surface area contributed by atoms with Crippen molar-refractivity contribution in [3.63, 3.8) is 0 Å². The number of unbranched alkanes of at least 4 members (excludes halogenated alkanes) is 1. The average molecular weight is 214 g/mol. The highest BCUT2D eigenvalue weighted by Crippen LogP contribution is 2.23. The van der Waals surface area contributed by atoms with Gasteiger partial charge in [-0.1, -0.05) is 26.2 Å². The second kappa shape index (κ2) is 8.26. The fraction of sp³-hybridized carbons (Fsp3) is 0.818. The summed E-state index contributed by atoms with van der Waals surface area (Å²) in [5.74, 6) is -0.0978. The summed E-state index contributed by atoms with van der Waals surface area (Å²) in [5, 5.41) is 0. The van der Waals surface area contributed by atoms with E-state index in [4.69, 9.17) is 11.5 Å². The van der Waals surface area contributed by atoms with Crippen molar-refractivity contribution in [2.24, 2.45) is 17.4 Å². The summed E-state index contributed by atoms with van der Waals surface area (Å²) in [6, 6.07) is 0. The van der Waals surface area contributed by atoms with Crippen molar-refractivity contribution < 1.29 is 9.59 Å². The molecule has 88 valence electrons. The summed E-state index contributed by atoms with van der Waals surface area (Å²) in [7, 11) is 0. The predicted molar refractivity (Wildman–Crippen MR) is 59.9 cm³/mol. The number of nitrogens with two attached hydrogens (primary N) is 2. The number of hydrogen-bond donors (Lipinski definition) is 2. The molecule has 0 saturated heterocycles. The molecule has 0 unspecified atom stereocenters. The Kier molecular flexibility index (Phi) is 7.68. The lowest BCUT2D eigenvalue weighted by atomic mass is 10.1. The van der Waals surface area contributed by atoms with E-state index >= 15 is 0 Å². The molecule has 0 aliphatic heterocycles. The molecule has 1 rings (SSSR count). The van der Waals surface area contributed by atoms with Crippen molar-refractivity contribution >= 4 is 11.8 Å². The van der Waals surface area contributed by atoms with E-state index in [0.717, 1.165) is 25.7 Å². The normalized spacial score (nSPS) is 15.5. The second-order valence-electron chi connectivity index (χ2n) is 3.95. The number of primary amides is 2. The monoisotopic (exact) mass is 214 g/mol. The van der Waals surface area contributed by atoms with Crippen LogP contribution in [0.15, 0.2) is 0 Å². The summed E-state index contributed by atoms with van der Waals surface area (Å²) in [5.41, 5.74) is 9.90. The van der Waals surface area contributed by atoms with Gasteiger partial charge in [-0.25, -0.2) is 0 Å². The second-order valence-corrected chi connectivity index (χ2v) is 3.95. The minimum absolute atomic E-state index is 0.109. The van der Waals surface area contributed by atoms with E-state index in [1.807, 2.05) is 6.92 Å². The maximum Gasteiger partial charge on any atom is 0.220 e. The fourth-order valence-corrected chi connectivity index (χ4v) is 1.56. The molecule has 0 atom stereocenters. The Labute approximate surface area is 91.4 Å². The highest BCUT2D eigenvalue weighted by molar-refractivity contribution is 5.76. The van der Waals surface area contributed by atoms with Gasteiger partial charge in [-0.05, 0) is 19.3 Å². The molecular weight excluding hydrogens is 192 g/mol. The van der Waals surface area contributed by atoms with Crippen LogP contribution in [0, 0.1) is 5.92 Å². The fourth-order valence-electron chi connectivity index (χ4n) is 1.56. The van der Waals surface area contributed by atoms with Gasteiger partial charge in [0.15, 0.2) is 0 Å². The standard InChI is InChI=1S/C6H11NO.C5H11NO/c7-6(8)5-3-1-2-4-5;1-2-3-4-5(6)7/h5H,1-4H2,(H2,7,8);2-4H2,1H3,(H2,6,7). The Bertz CT molecular complexity index is 199. The predicted octanol–water partition coefficient (Wildman–Crippen LogP) is 1.32. The maximum absolute atomic E-state index is 10.4. The van der Waals surface area contributed by atoms with Gasteiger partial charge in [-0.2, -0.15) is 0 Å². The van der Waals surface area contributed by atoms with Crippen LogP contribution < -0.4 is 11.5 Å². The number of carbonyl (C=O) groups excluding carboxylic acids is 2. The van der Waals surface area contributed by atoms with Crippen molar-refractivity contribution in [2.75, 3.05) is 0 Å². The first-order chi connectivity index (χ1) is 7.07. The Morgan fingerprint density at radius 3 is 1.93 bits per heavy atom. The largest absolute Gasteiger partial charge is 0.370 e. The zero-order valence-electron chi connectivity index (χ0n) is 9.50. The Balaban J connectivity index is 0.000000265. The molecule has 1 fully saturated rings. The van der Waals surface area contributed by atoms with Gasteiger partial charge in [0, 0.05) is 12.3 Å². The van der Waals surface area contributed by atoms with Crippen LogP contribution in [0.2, 0.25) is 0 Å². The van der Waals surface area contributed by atoms with Crippen LogP contribution in [0.1, 0.15) is 51.9 Å². The highest BCUT2D eigenvalue weighted by atomic mass is 16.1. The van der Waals surface area contributed by atoms with Crippen LogP contribution in [0.5, 0.6) is 0 Å². The first kappa shape index (κ1) is 13.9. The van der Waals surface area contributed by atoms with Crippen LogP contribution >= 0.6 is 0 Å². The molecule has 0 radical (unpaired) electrons. The topological polar surface area (TPSA) is 86.2 Å². The number of amides is 2. The lowest BCUT2D eigenvalue weighted by molar-refractivity contribution is -0.121.